The molecule has 18 heavy (non-hydrogen) atoms. The summed E-state index contributed by atoms with van der Waals surface area (Å²) in [4.78, 5) is 0. The lowest BCUT2D eigenvalue weighted by Crippen LogP contribution is -2.08. The summed E-state index contributed by atoms with van der Waals surface area (Å²) in [6.45, 7) is 8.73. The molecular weight excluding hydrogens is 224 g/mol. The van der Waals surface area contributed by atoms with E-state index in [0.717, 1.165) is 37.2 Å². The number of benzene rings is 1. The first-order valence-corrected chi connectivity index (χ1v) is 6.97. The van der Waals surface area contributed by atoms with E-state index in [1.807, 2.05) is 0 Å². The molecule has 0 unspecified atom stereocenters. The molecule has 0 aliphatic heterocycles. The minimum atomic E-state index is 0.986. The van der Waals surface area contributed by atoms with Gasteiger partial charge >= 0.3 is 0 Å². The zero-order valence-electron chi connectivity index (χ0n) is 12.6. The van der Waals surface area contributed by atoms with Gasteiger partial charge in [0.25, 0.3) is 0 Å². The van der Waals surface area contributed by atoms with Gasteiger partial charge in [-0.3, -0.25) is 0 Å². The Hall–Kier alpha value is -1.18. The molecule has 0 bridgehead atoms. The highest BCUT2D eigenvalue weighted by molar-refractivity contribution is 5.59. The minimum Gasteiger partial charge on any atom is -0.496 e. The van der Waals surface area contributed by atoms with Crippen LogP contribution in [0.1, 0.15) is 49.9 Å². The molecule has 0 radical (unpaired) electrons. The highest BCUT2D eigenvalue weighted by atomic mass is 16.5. The third-order valence-electron chi connectivity index (χ3n) is 3.65. The number of hydrogen-bond donors (Lipinski definition) is 0. The second-order valence-corrected chi connectivity index (χ2v) is 4.39. The monoisotopic (exact) mass is 250 g/mol. The summed E-state index contributed by atoms with van der Waals surface area (Å²) >= 11 is 0. The van der Waals surface area contributed by atoms with Crippen LogP contribution in [0.3, 0.4) is 0 Å². The normalized spacial score (nSPS) is 10.6. The lowest BCUT2D eigenvalue weighted by molar-refractivity contribution is 0.387. The van der Waals surface area contributed by atoms with E-state index >= 15 is 0 Å². The molecule has 1 aromatic carbocycles. The second kappa shape index (κ2) is 6.67. The summed E-state index contributed by atoms with van der Waals surface area (Å²) in [6.07, 6.45) is 3.94. The van der Waals surface area contributed by atoms with Gasteiger partial charge in [-0.05, 0) is 25.7 Å². The van der Waals surface area contributed by atoms with Gasteiger partial charge in [-0.1, -0.05) is 27.7 Å². The standard InChI is InChI=1S/C16H26O2/c1-7-11-12(8-2)16(18-6)14(10-4)13(9-3)15(11)17-5/h7-10H2,1-6H3. The number of methoxy groups -OCH3 is 2. The van der Waals surface area contributed by atoms with Crippen molar-refractivity contribution >= 4 is 0 Å². The molecule has 1 aromatic rings. The van der Waals surface area contributed by atoms with E-state index in [-0.39, 0.29) is 0 Å². The van der Waals surface area contributed by atoms with Crippen molar-refractivity contribution in [3.8, 4) is 11.5 Å². The molecule has 0 atom stereocenters. The molecule has 0 amide bonds. The Morgan fingerprint density at radius 3 is 0.889 bits per heavy atom. The van der Waals surface area contributed by atoms with Crippen molar-refractivity contribution in [3.05, 3.63) is 22.3 Å². The fraction of sp³-hybridized carbons (Fsp3) is 0.625. The van der Waals surface area contributed by atoms with E-state index in [9.17, 15) is 0 Å². The van der Waals surface area contributed by atoms with Gasteiger partial charge in [0, 0.05) is 22.3 Å². The average molecular weight is 250 g/mol. The lowest BCUT2D eigenvalue weighted by Gasteiger charge is -2.23. The molecule has 0 saturated heterocycles. The Bertz CT molecular complexity index is 288. The second-order valence-electron chi connectivity index (χ2n) is 4.39. The molecule has 2 heteroatoms. The summed E-state index contributed by atoms with van der Waals surface area (Å²) in [6, 6.07) is 0. The van der Waals surface area contributed by atoms with Crippen molar-refractivity contribution in [2.45, 2.75) is 53.4 Å². The molecule has 0 saturated carbocycles. The van der Waals surface area contributed by atoms with Crippen LogP contribution >= 0.6 is 0 Å². The zero-order valence-corrected chi connectivity index (χ0v) is 12.6. The van der Waals surface area contributed by atoms with Crippen LogP contribution in [0, 0.1) is 0 Å². The number of ether oxygens (including phenoxy) is 2. The number of hydrogen-bond acceptors (Lipinski definition) is 2. The van der Waals surface area contributed by atoms with E-state index < -0.39 is 0 Å². The maximum atomic E-state index is 5.69. The van der Waals surface area contributed by atoms with E-state index in [1.54, 1.807) is 14.2 Å². The van der Waals surface area contributed by atoms with Gasteiger partial charge in [0.1, 0.15) is 11.5 Å². The third kappa shape index (κ3) is 2.33. The Morgan fingerprint density at radius 1 is 0.556 bits per heavy atom. The summed E-state index contributed by atoms with van der Waals surface area (Å²) in [5, 5.41) is 0. The molecule has 1 rings (SSSR count). The highest BCUT2D eigenvalue weighted by Gasteiger charge is 2.21. The predicted molar refractivity (Wildman–Crippen MR) is 77.1 cm³/mol. The van der Waals surface area contributed by atoms with Crippen LogP contribution in [0.4, 0.5) is 0 Å². The third-order valence-corrected chi connectivity index (χ3v) is 3.65. The number of rotatable bonds is 6. The van der Waals surface area contributed by atoms with Gasteiger partial charge in [-0.2, -0.15) is 0 Å². The SMILES string of the molecule is CCc1c(CC)c(OC)c(CC)c(CC)c1OC. The fourth-order valence-corrected chi connectivity index (χ4v) is 2.90. The molecule has 0 spiro atoms. The van der Waals surface area contributed by atoms with Gasteiger partial charge < -0.3 is 9.47 Å². The van der Waals surface area contributed by atoms with E-state index in [1.165, 1.54) is 22.3 Å². The zero-order chi connectivity index (χ0) is 13.7. The molecular formula is C16H26O2. The van der Waals surface area contributed by atoms with Gasteiger partial charge in [-0.15, -0.1) is 0 Å². The van der Waals surface area contributed by atoms with Crippen molar-refractivity contribution in [1.82, 2.24) is 0 Å². The van der Waals surface area contributed by atoms with Crippen LogP contribution < -0.4 is 9.47 Å². The first-order valence-electron chi connectivity index (χ1n) is 6.97. The Kier molecular flexibility index (Phi) is 5.52. The smallest absolute Gasteiger partial charge is 0.126 e. The topological polar surface area (TPSA) is 18.5 Å². The van der Waals surface area contributed by atoms with Crippen molar-refractivity contribution in [1.29, 1.82) is 0 Å². The Balaban J connectivity index is 3.71. The summed E-state index contributed by atoms with van der Waals surface area (Å²) in [5.74, 6) is 2.16. The van der Waals surface area contributed by atoms with Crippen LogP contribution in [-0.4, -0.2) is 14.2 Å². The first kappa shape index (κ1) is 14.9. The predicted octanol–water partition coefficient (Wildman–Crippen LogP) is 3.95. The summed E-state index contributed by atoms with van der Waals surface area (Å²) < 4.78 is 11.4. The quantitative estimate of drug-likeness (QED) is 0.761. The van der Waals surface area contributed by atoms with Crippen molar-refractivity contribution in [2.75, 3.05) is 14.2 Å². The summed E-state index contributed by atoms with van der Waals surface area (Å²) in [5.41, 5.74) is 5.24. The maximum Gasteiger partial charge on any atom is 0.126 e. The van der Waals surface area contributed by atoms with Gasteiger partial charge in [0.05, 0.1) is 14.2 Å². The van der Waals surface area contributed by atoms with E-state index in [2.05, 4.69) is 27.7 Å². The van der Waals surface area contributed by atoms with Crippen molar-refractivity contribution in [2.24, 2.45) is 0 Å². The Morgan fingerprint density at radius 2 is 0.778 bits per heavy atom. The molecule has 0 aromatic heterocycles. The molecule has 102 valence electrons. The largest absolute Gasteiger partial charge is 0.496 e. The van der Waals surface area contributed by atoms with Crippen LogP contribution in [0.15, 0.2) is 0 Å². The molecule has 0 N–H and O–H groups in total. The maximum absolute atomic E-state index is 5.69. The Labute approximate surface area is 111 Å². The molecule has 0 aliphatic rings. The fourth-order valence-electron chi connectivity index (χ4n) is 2.90. The van der Waals surface area contributed by atoms with Gasteiger partial charge in [-0.25, -0.2) is 0 Å². The average Bonchev–Trinajstić information content (AvgIpc) is 2.43. The van der Waals surface area contributed by atoms with E-state index in [4.69, 9.17) is 9.47 Å². The van der Waals surface area contributed by atoms with Crippen LogP contribution in [-0.2, 0) is 25.7 Å². The van der Waals surface area contributed by atoms with E-state index in [0.29, 0.717) is 0 Å². The molecule has 0 fully saturated rings. The molecule has 2 nitrogen and oxygen atoms in total. The van der Waals surface area contributed by atoms with Gasteiger partial charge in [0.2, 0.25) is 0 Å². The summed E-state index contributed by atoms with van der Waals surface area (Å²) in [7, 11) is 3.55. The van der Waals surface area contributed by atoms with Crippen LogP contribution in [0.25, 0.3) is 0 Å². The molecule has 0 aliphatic carbocycles. The first-order chi connectivity index (χ1) is 8.69. The van der Waals surface area contributed by atoms with Crippen LogP contribution in [0.5, 0.6) is 11.5 Å². The van der Waals surface area contributed by atoms with Gasteiger partial charge in [0.15, 0.2) is 0 Å². The van der Waals surface area contributed by atoms with Crippen molar-refractivity contribution < 1.29 is 9.47 Å². The van der Waals surface area contributed by atoms with Crippen molar-refractivity contribution in [3.63, 3.8) is 0 Å². The highest BCUT2D eigenvalue weighted by Crippen LogP contribution is 2.40. The van der Waals surface area contributed by atoms with Crippen LogP contribution in [0.2, 0.25) is 0 Å². The minimum absolute atomic E-state index is 0.986. The lowest BCUT2D eigenvalue weighted by atomic mass is 9.90. The molecule has 0 heterocycles.